The standard InChI is InChI=1S/C7H9ClN4O/c1-5(12-13-2)9-7-4-3-6(8)10-11-7/h3-4H,1-2H3,(H,9,11,12). The van der Waals surface area contributed by atoms with E-state index in [0.29, 0.717) is 16.8 Å². The summed E-state index contributed by atoms with van der Waals surface area (Å²) in [7, 11) is 1.51. The molecule has 0 aliphatic heterocycles. The third-order valence-corrected chi connectivity index (χ3v) is 1.35. The maximum atomic E-state index is 5.55. The molecular weight excluding hydrogens is 192 g/mol. The van der Waals surface area contributed by atoms with E-state index in [1.807, 2.05) is 0 Å². The van der Waals surface area contributed by atoms with Crippen LogP contribution in [-0.4, -0.2) is 23.1 Å². The van der Waals surface area contributed by atoms with E-state index < -0.39 is 0 Å². The van der Waals surface area contributed by atoms with Crippen molar-refractivity contribution in [1.82, 2.24) is 15.7 Å². The summed E-state index contributed by atoms with van der Waals surface area (Å²) in [5.74, 6) is 1.07. The number of amidine groups is 1. The molecule has 0 amide bonds. The molecule has 13 heavy (non-hydrogen) atoms. The van der Waals surface area contributed by atoms with Crippen molar-refractivity contribution in [3.63, 3.8) is 0 Å². The minimum absolute atomic E-state index is 0.344. The van der Waals surface area contributed by atoms with Crippen LogP contribution in [0.5, 0.6) is 0 Å². The molecule has 0 spiro atoms. The summed E-state index contributed by atoms with van der Waals surface area (Å²) >= 11 is 5.55. The summed E-state index contributed by atoms with van der Waals surface area (Å²) in [6.45, 7) is 1.75. The van der Waals surface area contributed by atoms with E-state index in [0.717, 1.165) is 0 Å². The van der Waals surface area contributed by atoms with Gasteiger partial charge in [0.25, 0.3) is 0 Å². The third kappa shape index (κ3) is 3.35. The second-order valence-corrected chi connectivity index (χ2v) is 2.60. The monoisotopic (exact) mass is 200 g/mol. The second-order valence-electron chi connectivity index (χ2n) is 2.22. The quantitative estimate of drug-likeness (QED) is 0.445. The highest BCUT2D eigenvalue weighted by atomic mass is 35.5. The van der Waals surface area contributed by atoms with Crippen LogP contribution in [0.15, 0.2) is 17.1 Å². The van der Waals surface area contributed by atoms with Crippen molar-refractivity contribution in [1.29, 1.82) is 0 Å². The van der Waals surface area contributed by atoms with Crippen molar-refractivity contribution in [2.75, 3.05) is 7.11 Å². The van der Waals surface area contributed by atoms with Crippen LogP contribution in [0.1, 0.15) is 6.92 Å². The summed E-state index contributed by atoms with van der Waals surface area (Å²) in [4.78, 5) is 8.68. The maximum Gasteiger partial charge on any atom is 0.176 e. The van der Waals surface area contributed by atoms with Gasteiger partial charge in [-0.2, -0.15) is 0 Å². The molecular formula is C7H9ClN4O. The predicted octanol–water partition coefficient (Wildman–Crippen LogP) is 1.33. The highest BCUT2D eigenvalue weighted by Gasteiger charge is 1.94. The summed E-state index contributed by atoms with van der Waals surface area (Å²) in [6.07, 6.45) is 0. The number of halogens is 1. The minimum Gasteiger partial charge on any atom is -0.278 e. The first-order chi connectivity index (χ1) is 6.22. The first-order valence-electron chi connectivity index (χ1n) is 3.56. The van der Waals surface area contributed by atoms with E-state index in [2.05, 4.69) is 25.5 Å². The molecule has 1 aromatic heterocycles. The van der Waals surface area contributed by atoms with Gasteiger partial charge in [-0.1, -0.05) is 11.6 Å². The van der Waals surface area contributed by atoms with Gasteiger partial charge in [0.15, 0.2) is 11.0 Å². The Labute approximate surface area is 80.8 Å². The number of aliphatic imine (C=N–C) groups is 1. The van der Waals surface area contributed by atoms with Gasteiger partial charge in [-0.3, -0.25) is 10.3 Å². The molecule has 0 aromatic carbocycles. The zero-order valence-electron chi connectivity index (χ0n) is 7.28. The van der Waals surface area contributed by atoms with Gasteiger partial charge in [0.1, 0.15) is 5.84 Å². The average molecular weight is 201 g/mol. The van der Waals surface area contributed by atoms with Crippen molar-refractivity contribution in [3.8, 4) is 0 Å². The van der Waals surface area contributed by atoms with Crippen LogP contribution in [0.4, 0.5) is 5.82 Å². The lowest BCUT2D eigenvalue weighted by Gasteiger charge is -1.99. The van der Waals surface area contributed by atoms with E-state index in [1.165, 1.54) is 7.11 Å². The Morgan fingerprint density at radius 2 is 2.31 bits per heavy atom. The van der Waals surface area contributed by atoms with Crippen LogP contribution >= 0.6 is 11.6 Å². The predicted molar refractivity (Wildman–Crippen MR) is 50.0 cm³/mol. The Hall–Kier alpha value is -1.20. The molecule has 0 aliphatic rings. The molecule has 0 aliphatic carbocycles. The van der Waals surface area contributed by atoms with E-state index in [9.17, 15) is 0 Å². The largest absolute Gasteiger partial charge is 0.278 e. The molecule has 0 saturated carbocycles. The SMILES string of the molecule is CONC(C)=Nc1ccc(Cl)nn1. The van der Waals surface area contributed by atoms with Crippen molar-refractivity contribution in [3.05, 3.63) is 17.3 Å². The fourth-order valence-electron chi connectivity index (χ4n) is 0.711. The second kappa shape index (κ2) is 4.74. The Kier molecular flexibility index (Phi) is 3.60. The minimum atomic E-state index is 0.344. The third-order valence-electron chi connectivity index (χ3n) is 1.15. The van der Waals surface area contributed by atoms with Gasteiger partial charge in [0.2, 0.25) is 0 Å². The van der Waals surface area contributed by atoms with Crippen molar-refractivity contribution >= 4 is 23.3 Å². The maximum absolute atomic E-state index is 5.55. The van der Waals surface area contributed by atoms with Crippen LogP contribution in [0.25, 0.3) is 0 Å². The van der Waals surface area contributed by atoms with Crippen molar-refractivity contribution in [2.24, 2.45) is 4.99 Å². The number of aromatic nitrogens is 2. The van der Waals surface area contributed by atoms with Crippen LogP contribution in [0, 0.1) is 0 Å². The molecule has 1 N–H and O–H groups in total. The van der Waals surface area contributed by atoms with Crippen LogP contribution in [0.2, 0.25) is 5.15 Å². The number of nitrogens with zero attached hydrogens (tertiary/aromatic N) is 3. The smallest absolute Gasteiger partial charge is 0.176 e. The molecule has 1 rings (SSSR count). The summed E-state index contributed by atoms with van der Waals surface area (Å²) < 4.78 is 0. The Morgan fingerprint density at radius 3 is 2.85 bits per heavy atom. The van der Waals surface area contributed by atoms with Crippen molar-refractivity contribution < 1.29 is 4.84 Å². The molecule has 1 aromatic rings. The molecule has 5 nitrogen and oxygen atoms in total. The molecule has 0 fully saturated rings. The Balaban J connectivity index is 2.73. The molecule has 0 radical (unpaired) electrons. The molecule has 1 heterocycles. The molecule has 70 valence electrons. The number of rotatable bonds is 2. The lowest BCUT2D eigenvalue weighted by molar-refractivity contribution is 0.144. The van der Waals surface area contributed by atoms with Gasteiger partial charge < -0.3 is 0 Å². The van der Waals surface area contributed by atoms with Crippen molar-refractivity contribution in [2.45, 2.75) is 6.92 Å². The zero-order valence-corrected chi connectivity index (χ0v) is 8.04. The summed E-state index contributed by atoms with van der Waals surface area (Å²) in [6, 6.07) is 3.28. The highest BCUT2D eigenvalue weighted by molar-refractivity contribution is 6.29. The van der Waals surface area contributed by atoms with E-state index in [4.69, 9.17) is 11.6 Å². The lowest BCUT2D eigenvalue weighted by Crippen LogP contribution is -2.17. The fourth-order valence-corrected chi connectivity index (χ4v) is 0.812. The first kappa shape index (κ1) is 9.88. The van der Waals surface area contributed by atoms with Crippen LogP contribution in [-0.2, 0) is 4.84 Å². The van der Waals surface area contributed by atoms with Gasteiger partial charge in [-0.05, 0) is 19.1 Å². The van der Waals surface area contributed by atoms with Gasteiger partial charge >= 0.3 is 0 Å². The van der Waals surface area contributed by atoms with Crippen LogP contribution in [0.3, 0.4) is 0 Å². The fraction of sp³-hybridized carbons (Fsp3) is 0.286. The Morgan fingerprint density at radius 1 is 1.54 bits per heavy atom. The summed E-state index contributed by atoms with van der Waals surface area (Å²) in [5.41, 5.74) is 2.56. The average Bonchev–Trinajstić information content (AvgIpc) is 2.09. The number of nitrogens with one attached hydrogen (secondary N) is 1. The van der Waals surface area contributed by atoms with E-state index in [-0.39, 0.29) is 0 Å². The molecule has 0 bridgehead atoms. The molecule has 0 saturated heterocycles. The first-order valence-corrected chi connectivity index (χ1v) is 3.93. The van der Waals surface area contributed by atoms with Crippen LogP contribution < -0.4 is 5.48 Å². The number of hydroxylamine groups is 1. The molecule has 0 unspecified atom stereocenters. The van der Waals surface area contributed by atoms with Gasteiger partial charge in [0.05, 0.1) is 7.11 Å². The van der Waals surface area contributed by atoms with Gasteiger partial charge in [-0.25, -0.2) is 4.99 Å². The topological polar surface area (TPSA) is 59.4 Å². The Bertz CT molecular complexity index is 298. The van der Waals surface area contributed by atoms with Gasteiger partial charge in [-0.15, -0.1) is 10.2 Å². The zero-order chi connectivity index (χ0) is 9.68. The van der Waals surface area contributed by atoms with E-state index >= 15 is 0 Å². The lowest BCUT2D eigenvalue weighted by atomic mass is 10.5. The molecule has 0 atom stereocenters. The summed E-state index contributed by atoms with van der Waals surface area (Å²) in [5, 5.41) is 7.71. The van der Waals surface area contributed by atoms with Gasteiger partial charge in [0, 0.05) is 0 Å². The highest BCUT2D eigenvalue weighted by Crippen LogP contribution is 2.08. The normalized spacial score (nSPS) is 11.5. The van der Waals surface area contributed by atoms with E-state index in [1.54, 1.807) is 19.1 Å². The molecule has 6 heteroatoms. The number of hydrogen-bond donors (Lipinski definition) is 1. The number of hydrogen-bond acceptors (Lipinski definition) is 4.